The topological polar surface area (TPSA) is 105 Å². The number of methoxy groups -OCH3 is 1. The fourth-order valence-electron chi connectivity index (χ4n) is 4.53. The summed E-state index contributed by atoms with van der Waals surface area (Å²) in [5, 5.41) is 2.63. The summed E-state index contributed by atoms with van der Waals surface area (Å²) in [6.45, 7) is 1.66. The first-order valence-electron chi connectivity index (χ1n) is 12.0. The number of hydrogen-bond donors (Lipinski definition) is 2. The van der Waals surface area contributed by atoms with E-state index >= 15 is 0 Å². The maximum absolute atomic E-state index is 13.4. The number of carbonyl (C=O) groups excluding carboxylic acids is 2. The summed E-state index contributed by atoms with van der Waals surface area (Å²) in [5.74, 6) is 0.864. The first-order valence-corrected chi connectivity index (χ1v) is 13.5. The smallest absolute Gasteiger partial charge is 0.329 e. The first kappa shape index (κ1) is 26.5. The zero-order valence-corrected chi connectivity index (χ0v) is 21.4. The third kappa shape index (κ3) is 7.21. The Hall–Kier alpha value is -3.07. The third-order valence-corrected chi connectivity index (χ3v) is 8.08. The molecule has 0 radical (unpaired) electrons. The lowest BCUT2D eigenvalue weighted by Crippen LogP contribution is -2.51. The van der Waals surface area contributed by atoms with Crippen molar-refractivity contribution in [2.75, 3.05) is 19.1 Å². The molecule has 2 N–H and O–H groups in total. The Morgan fingerprint density at radius 3 is 2.37 bits per heavy atom. The van der Waals surface area contributed by atoms with Gasteiger partial charge in [-0.25, -0.2) is 17.9 Å². The van der Waals surface area contributed by atoms with Crippen LogP contribution < -0.4 is 19.7 Å². The Morgan fingerprint density at radius 1 is 1.09 bits per heavy atom. The Balaban J connectivity index is 0.00000342. The first-order chi connectivity index (χ1) is 16.7. The van der Waals surface area contributed by atoms with Gasteiger partial charge >= 0.3 is 6.03 Å². The van der Waals surface area contributed by atoms with Crippen molar-refractivity contribution < 1.29 is 25.6 Å². The molecule has 8 nitrogen and oxygen atoms in total. The largest absolute Gasteiger partial charge is 0.497 e. The number of amides is 3. The average molecular weight is 506 g/mol. The summed E-state index contributed by atoms with van der Waals surface area (Å²) < 4.78 is 32.8. The van der Waals surface area contributed by atoms with Crippen molar-refractivity contribution in [1.29, 1.82) is 0 Å². The molecule has 1 atom stereocenters. The van der Waals surface area contributed by atoms with Crippen LogP contribution in [0.15, 0.2) is 53.4 Å². The molecule has 0 saturated heterocycles. The number of anilines is 1. The second kappa shape index (κ2) is 12.1. The zero-order chi connectivity index (χ0) is 25.4. The molecular formula is C26H39N3O5S. The van der Waals surface area contributed by atoms with Gasteiger partial charge in [0.15, 0.2) is 0 Å². The number of likely N-dealkylation sites (N-methyl/N-ethyl adjacent to an activating group) is 1. The molecule has 194 valence electrons. The predicted molar refractivity (Wildman–Crippen MR) is 140 cm³/mol. The van der Waals surface area contributed by atoms with Crippen LogP contribution in [0.25, 0.3) is 0 Å². The van der Waals surface area contributed by atoms with E-state index in [1.54, 1.807) is 63.5 Å². The number of benzene rings is 2. The van der Waals surface area contributed by atoms with E-state index in [2.05, 4.69) is 10.0 Å². The SMILES string of the molecule is COc1ccc(N(C)C(=O)[C@H](CCC2CCCCC2)NC(=O)NS(=O)(=O)c2ccccc2C)cc1.[HH].[HH]. The van der Waals surface area contributed by atoms with Gasteiger partial charge < -0.3 is 15.0 Å². The van der Waals surface area contributed by atoms with Gasteiger partial charge in [-0.05, 0) is 61.6 Å². The molecule has 0 bridgehead atoms. The molecule has 3 amide bonds. The van der Waals surface area contributed by atoms with Crippen molar-refractivity contribution in [2.45, 2.75) is 62.8 Å². The molecule has 0 spiro atoms. The fourth-order valence-corrected chi connectivity index (χ4v) is 5.69. The highest BCUT2D eigenvalue weighted by atomic mass is 32.2. The summed E-state index contributed by atoms with van der Waals surface area (Å²) >= 11 is 0. The molecule has 1 fully saturated rings. The Bertz CT molecular complexity index is 1120. The number of nitrogens with zero attached hydrogens (tertiary/aromatic N) is 1. The molecule has 35 heavy (non-hydrogen) atoms. The van der Waals surface area contributed by atoms with Gasteiger partial charge in [0.05, 0.1) is 12.0 Å². The lowest BCUT2D eigenvalue weighted by Gasteiger charge is -2.27. The normalized spacial score (nSPS) is 15.2. The minimum absolute atomic E-state index is 0. The van der Waals surface area contributed by atoms with Gasteiger partial charge in [-0.2, -0.15) is 0 Å². The van der Waals surface area contributed by atoms with Crippen LogP contribution in [0.3, 0.4) is 0 Å². The van der Waals surface area contributed by atoms with Crippen molar-refractivity contribution in [3.63, 3.8) is 0 Å². The van der Waals surface area contributed by atoms with E-state index in [-0.39, 0.29) is 13.7 Å². The minimum Gasteiger partial charge on any atom is -0.497 e. The molecule has 2 aromatic rings. The van der Waals surface area contributed by atoms with Crippen LogP contribution in [-0.2, 0) is 14.8 Å². The highest BCUT2D eigenvalue weighted by molar-refractivity contribution is 7.90. The maximum atomic E-state index is 13.4. The summed E-state index contributed by atoms with van der Waals surface area (Å²) in [6.07, 6.45) is 7.04. The zero-order valence-electron chi connectivity index (χ0n) is 20.6. The van der Waals surface area contributed by atoms with E-state index in [4.69, 9.17) is 4.74 Å². The van der Waals surface area contributed by atoms with Crippen molar-refractivity contribution in [3.8, 4) is 5.75 Å². The number of rotatable bonds is 9. The third-order valence-electron chi connectivity index (χ3n) is 6.59. The van der Waals surface area contributed by atoms with Crippen LogP contribution in [0.5, 0.6) is 5.75 Å². The molecule has 0 aromatic heterocycles. The van der Waals surface area contributed by atoms with E-state index in [9.17, 15) is 18.0 Å². The summed E-state index contributed by atoms with van der Waals surface area (Å²) in [7, 11) is -0.869. The molecule has 9 heteroatoms. The fraction of sp³-hybridized carbons (Fsp3) is 0.462. The summed E-state index contributed by atoms with van der Waals surface area (Å²) in [5.41, 5.74) is 1.17. The Kier molecular flexibility index (Phi) is 9.14. The van der Waals surface area contributed by atoms with Crippen LogP contribution in [-0.4, -0.2) is 40.6 Å². The van der Waals surface area contributed by atoms with Crippen LogP contribution >= 0.6 is 0 Å². The van der Waals surface area contributed by atoms with Gasteiger partial charge in [0, 0.05) is 15.6 Å². The van der Waals surface area contributed by atoms with Crippen LogP contribution in [0.1, 0.15) is 53.4 Å². The number of aryl methyl sites for hydroxylation is 1. The molecule has 0 unspecified atom stereocenters. The molecule has 3 rings (SSSR count). The molecule has 1 aliphatic carbocycles. The lowest BCUT2D eigenvalue weighted by atomic mass is 9.85. The number of sulfonamides is 1. The van der Waals surface area contributed by atoms with E-state index in [1.165, 1.54) is 30.2 Å². The average Bonchev–Trinajstić information content (AvgIpc) is 2.86. The molecule has 0 heterocycles. The second-order valence-corrected chi connectivity index (χ2v) is 10.7. The van der Waals surface area contributed by atoms with Crippen molar-refractivity contribution >= 4 is 27.6 Å². The molecule has 2 aromatic carbocycles. The highest BCUT2D eigenvalue weighted by Crippen LogP contribution is 2.28. The lowest BCUT2D eigenvalue weighted by molar-refractivity contribution is -0.120. The molecule has 0 aliphatic heterocycles. The van der Waals surface area contributed by atoms with E-state index in [0.717, 1.165) is 19.3 Å². The highest BCUT2D eigenvalue weighted by Gasteiger charge is 2.28. The van der Waals surface area contributed by atoms with Gasteiger partial charge in [-0.3, -0.25) is 4.79 Å². The minimum atomic E-state index is -4.08. The molecule has 1 aliphatic rings. The van der Waals surface area contributed by atoms with Crippen LogP contribution in [0.4, 0.5) is 10.5 Å². The van der Waals surface area contributed by atoms with Gasteiger partial charge in [0.25, 0.3) is 10.0 Å². The number of hydrogen-bond acceptors (Lipinski definition) is 5. The molecular weight excluding hydrogens is 466 g/mol. The standard InChI is InChI=1S/C26H35N3O5S.2H2/c1-19-9-7-8-12-24(19)35(32,33)28-26(31)27-23(18-13-20-10-5-4-6-11-20)25(30)29(2)21-14-16-22(34-3)17-15-21;;/h7-9,12,14-17,20,23H,4-6,10-11,13,18H2,1-3H3,(H2,27,28,31);2*1H/t23-;;/m0../s1. The van der Waals surface area contributed by atoms with Crippen LogP contribution in [0.2, 0.25) is 0 Å². The van der Waals surface area contributed by atoms with E-state index < -0.39 is 22.1 Å². The summed E-state index contributed by atoms with van der Waals surface area (Å²) in [4.78, 5) is 27.7. The van der Waals surface area contributed by atoms with Crippen molar-refractivity contribution in [2.24, 2.45) is 5.92 Å². The van der Waals surface area contributed by atoms with Gasteiger partial charge in [0.2, 0.25) is 5.91 Å². The molecule has 1 saturated carbocycles. The number of ether oxygens (including phenoxy) is 1. The number of nitrogens with one attached hydrogen (secondary N) is 2. The van der Waals surface area contributed by atoms with E-state index in [1.807, 2.05) is 0 Å². The quantitative estimate of drug-likeness (QED) is 0.506. The monoisotopic (exact) mass is 505 g/mol. The van der Waals surface area contributed by atoms with E-state index in [0.29, 0.717) is 29.3 Å². The van der Waals surface area contributed by atoms with Crippen molar-refractivity contribution in [3.05, 3.63) is 54.1 Å². The second-order valence-electron chi connectivity index (χ2n) is 9.07. The predicted octanol–water partition coefficient (Wildman–Crippen LogP) is 4.88. The van der Waals surface area contributed by atoms with Crippen molar-refractivity contribution in [1.82, 2.24) is 10.0 Å². The summed E-state index contributed by atoms with van der Waals surface area (Å²) in [6, 6.07) is 11.7. The van der Waals surface area contributed by atoms with Gasteiger partial charge in [0.1, 0.15) is 11.8 Å². The number of urea groups is 1. The Labute approximate surface area is 211 Å². The van der Waals surface area contributed by atoms with Gasteiger partial charge in [-0.1, -0.05) is 50.3 Å². The van der Waals surface area contributed by atoms with Crippen LogP contribution in [0, 0.1) is 12.8 Å². The van der Waals surface area contributed by atoms with Gasteiger partial charge in [-0.15, -0.1) is 0 Å². The maximum Gasteiger partial charge on any atom is 0.329 e. The Morgan fingerprint density at radius 2 is 1.74 bits per heavy atom. The number of carbonyl (C=O) groups is 2.